The third-order valence-electron chi connectivity index (χ3n) is 3.50. The maximum Gasteiger partial charge on any atom is 0.326 e. The molecule has 1 aromatic heterocycles. The number of aromatic nitrogens is 2. The van der Waals surface area contributed by atoms with Crippen molar-refractivity contribution in [3.63, 3.8) is 0 Å². The second-order valence-electron chi connectivity index (χ2n) is 4.89. The first-order chi connectivity index (χ1) is 9.41. The number of carbonyl (C=O) groups excluding carboxylic acids is 1. The van der Waals surface area contributed by atoms with Gasteiger partial charge in [-0.1, -0.05) is 6.92 Å². The minimum atomic E-state index is -1.09. The molecule has 1 aromatic rings. The minimum absolute atomic E-state index is 0.188. The number of aromatic amines is 2. The van der Waals surface area contributed by atoms with Crippen LogP contribution in [0.15, 0.2) is 15.8 Å². The van der Waals surface area contributed by atoms with E-state index in [0.717, 1.165) is 6.20 Å². The van der Waals surface area contributed by atoms with Crippen molar-refractivity contribution >= 4 is 11.9 Å². The predicted octanol–water partition coefficient (Wildman–Crippen LogP) is -0.611. The summed E-state index contributed by atoms with van der Waals surface area (Å²) < 4.78 is 0. The summed E-state index contributed by atoms with van der Waals surface area (Å²) in [7, 11) is 0. The lowest BCUT2D eigenvalue weighted by Gasteiger charge is -2.37. The van der Waals surface area contributed by atoms with Crippen LogP contribution in [0.1, 0.15) is 30.1 Å². The fraction of sp³-hybridized carbons (Fsp3) is 0.500. The lowest BCUT2D eigenvalue weighted by molar-refractivity contribution is -0.145. The molecule has 2 atom stereocenters. The highest BCUT2D eigenvalue weighted by Crippen LogP contribution is 2.24. The molecule has 0 aromatic carbocycles. The number of H-pyrrole nitrogens is 2. The maximum atomic E-state index is 12.3. The summed E-state index contributed by atoms with van der Waals surface area (Å²) in [6, 6.07) is -0.956. The van der Waals surface area contributed by atoms with Crippen LogP contribution >= 0.6 is 0 Å². The standard InChI is InChI=1S/C12H15N3O5/c1-6-3-2-4-15(8(6)11(18)19)10(17)7-5-13-12(20)14-9(7)16/h5-6,8H,2-4H2,1H3,(H,18,19)(H2,13,14,16,20). The number of carbonyl (C=O) groups is 2. The molecule has 1 aliphatic rings. The van der Waals surface area contributed by atoms with Crippen molar-refractivity contribution in [2.45, 2.75) is 25.8 Å². The summed E-state index contributed by atoms with van der Waals surface area (Å²) in [6.07, 6.45) is 2.41. The molecular formula is C12H15N3O5. The quantitative estimate of drug-likeness (QED) is 0.667. The van der Waals surface area contributed by atoms with Gasteiger partial charge in [0, 0.05) is 12.7 Å². The Kier molecular flexibility index (Phi) is 3.73. The Hall–Kier alpha value is -2.38. The molecule has 1 fully saturated rings. The SMILES string of the molecule is CC1CCCN(C(=O)c2c[nH]c(=O)[nH]c2=O)C1C(=O)O. The van der Waals surface area contributed by atoms with E-state index in [1.807, 2.05) is 4.98 Å². The number of likely N-dealkylation sites (tertiary alicyclic amines) is 1. The Morgan fingerprint density at radius 3 is 2.70 bits per heavy atom. The molecule has 0 aliphatic carbocycles. The van der Waals surface area contributed by atoms with Gasteiger partial charge in [-0.15, -0.1) is 0 Å². The second kappa shape index (κ2) is 5.32. The van der Waals surface area contributed by atoms with E-state index in [1.54, 1.807) is 6.92 Å². The van der Waals surface area contributed by atoms with Crippen LogP contribution < -0.4 is 11.2 Å². The summed E-state index contributed by atoms with van der Waals surface area (Å²) in [5, 5.41) is 9.25. The van der Waals surface area contributed by atoms with Gasteiger partial charge >= 0.3 is 11.7 Å². The van der Waals surface area contributed by atoms with Gasteiger partial charge in [0.2, 0.25) is 0 Å². The van der Waals surface area contributed by atoms with Crippen LogP contribution in [-0.2, 0) is 4.79 Å². The Labute approximate surface area is 113 Å². The van der Waals surface area contributed by atoms with Crippen LogP contribution in [-0.4, -0.2) is 44.4 Å². The number of carboxylic acid groups (broad SMARTS) is 1. The highest BCUT2D eigenvalue weighted by Gasteiger charge is 2.38. The van der Waals surface area contributed by atoms with E-state index >= 15 is 0 Å². The van der Waals surface area contributed by atoms with Crippen LogP contribution in [0, 0.1) is 5.92 Å². The number of amides is 1. The third-order valence-corrected chi connectivity index (χ3v) is 3.50. The molecule has 20 heavy (non-hydrogen) atoms. The zero-order valence-electron chi connectivity index (χ0n) is 10.9. The zero-order valence-corrected chi connectivity index (χ0v) is 10.9. The van der Waals surface area contributed by atoms with Gasteiger partial charge < -0.3 is 15.0 Å². The molecule has 2 heterocycles. The van der Waals surface area contributed by atoms with Crippen LogP contribution in [0.25, 0.3) is 0 Å². The Bertz CT molecular complexity index is 647. The van der Waals surface area contributed by atoms with E-state index in [2.05, 4.69) is 4.98 Å². The predicted molar refractivity (Wildman–Crippen MR) is 68.5 cm³/mol. The highest BCUT2D eigenvalue weighted by atomic mass is 16.4. The molecule has 8 nitrogen and oxygen atoms in total. The summed E-state index contributed by atoms with van der Waals surface area (Å²) in [6.45, 7) is 2.04. The van der Waals surface area contributed by atoms with E-state index in [1.165, 1.54) is 4.90 Å². The van der Waals surface area contributed by atoms with Crippen LogP contribution in [0.4, 0.5) is 0 Å². The van der Waals surface area contributed by atoms with Crippen molar-refractivity contribution in [1.82, 2.24) is 14.9 Å². The van der Waals surface area contributed by atoms with E-state index in [9.17, 15) is 24.3 Å². The highest BCUT2D eigenvalue weighted by molar-refractivity contribution is 5.96. The van der Waals surface area contributed by atoms with E-state index < -0.39 is 29.2 Å². The smallest absolute Gasteiger partial charge is 0.326 e. The van der Waals surface area contributed by atoms with Crippen LogP contribution in [0.3, 0.4) is 0 Å². The van der Waals surface area contributed by atoms with Crippen molar-refractivity contribution in [2.24, 2.45) is 5.92 Å². The van der Waals surface area contributed by atoms with Crippen LogP contribution in [0.5, 0.6) is 0 Å². The summed E-state index contributed by atoms with van der Waals surface area (Å²) >= 11 is 0. The number of rotatable bonds is 2. The number of carboxylic acids is 1. The molecular weight excluding hydrogens is 266 g/mol. The fourth-order valence-corrected chi connectivity index (χ4v) is 2.52. The first-order valence-corrected chi connectivity index (χ1v) is 6.27. The third kappa shape index (κ3) is 2.49. The number of nitrogens with one attached hydrogen (secondary N) is 2. The second-order valence-corrected chi connectivity index (χ2v) is 4.89. The number of hydrogen-bond acceptors (Lipinski definition) is 4. The Balaban J connectivity index is 2.38. The van der Waals surface area contributed by atoms with Crippen molar-refractivity contribution in [3.05, 3.63) is 32.6 Å². The van der Waals surface area contributed by atoms with Gasteiger partial charge in [0.15, 0.2) is 0 Å². The molecule has 2 unspecified atom stereocenters. The van der Waals surface area contributed by atoms with E-state index in [-0.39, 0.29) is 18.0 Å². The van der Waals surface area contributed by atoms with Gasteiger partial charge in [0.25, 0.3) is 11.5 Å². The molecule has 8 heteroatoms. The van der Waals surface area contributed by atoms with Gasteiger partial charge in [0.05, 0.1) is 0 Å². The van der Waals surface area contributed by atoms with Gasteiger partial charge in [-0.3, -0.25) is 14.6 Å². The first kappa shape index (κ1) is 14.0. The normalized spacial score (nSPS) is 22.6. The maximum absolute atomic E-state index is 12.3. The Morgan fingerprint density at radius 2 is 2.10 bits per heavy atom. The molecule has 0 spiro atoms. The molecule has 0 bridgehead atoms. The lowest BCUT2D eigenvalue weighted by atomic mass is 9.90. The first-order valence-electron chi connectivity index (χ1n) is 6.27. The Morgan fingerprint density at radius 1 is 1.40 bits per heavy atom. The number of nitrogens with zero attached hydrogens (tertiary/aromatic N) is 1. The average Bonchev–Trinajstić information content (AvgIpc) is 2.37. The molecule has 1 aliphatic heterocycles. The molecule has 0 radical (unpaired) electrons. The summed E-state index contributed by atoms with van der Waals surface area (Å²) in [4.78, 5) is 51.5. The molecule has 1 amide bonds. The molecule has 1 saturated heterocycles. The zero-order chi connectivity index (χ0) is 14.9. The number of aliphatic carboxylic acids is 1. The lowest BCUT2D eigenvalue weighted by Crippen LogP contribution is -2.53. The molecule has 3 N–H and O–H groups in total. The molecule has 2 rings (SSSR count). The van der Waals surface area contributed by atoms with Gasteiger partial charge in [-0.2, -0.15) is 0 Å². The van der Waals surface area contributed by atoms with Crippen molar-refractivity contribution < 1.29 is 14.7 Å². The molecule has 108 valence electrons. The van der Waals surface area contributed by atoms with E-state index in [4.69, 9.17) is 0 Å². The average molecular weight is 281 g/mol. The van der Waals surface area contributed by atoms with Gasteiger partial charge in [-0.25, -0.2) is 9.59 Å². The monoisotopic (exact) mass is 281 g/mol. The number of piperidine rings is 1. The molecule has 0 saturated carbocycles. The summed E-state index contributed by atoms with van der Waals surface area (Å²) in [5.41, 5.74) is -1.79. The summed E-state index contributed by atoms with van der Waals surface area (Å²) in [5.74, 6) is -1.96. The van der Waals surface area contributed by atoms with Crippen LogP contribution in [0.2, 0.25) is 0 Å². The van der Waals surface area contributed by atoms with Crippen molar-refractivity contribution in [3.8, 4) is 0 Å². The van der Waals surface area contributed by atoms with Crippen molar-refractivity contribution in [2.75, 3.05) is 6.54 Å². The minimum Gasteiger partial charge on any atom is -0.480 e. The number of hydrogen-bond donors (Lipinski definition) is 3. The van der Waals surface area contributed by atoms with E-state index in [0.29, 0.717) is 12.8 Å². The fourth-order valence-electron chi connectivity index (χ4n) is 2.52. The topological polar surface area (TPSA) is 123 Å². The van der Waals surface area contributed by atoms with Crippen molar-refractivity contribution in [1.29, 1.82) is 0 Å². The van der Waals surface area contributed by atoms with Gasteiger partial charge in [-0.05, 0) is 18.8 Å². The largest absolute Gasteiger partial charge is 0.480 e. The van der Waals surface area contributed by atoms with Gasteiger partial charge in [0.1, 0.15) is 11.6 Å².